The van der Waals surface area contributed by atoms with E-state index in [1.807, 2.05) is 18.2 Å². The highest BCUT2D eigenvalue weighted by Crippen LogP contribution is 2.44. The van der Waals surface area contributed by atoms with Crippen LogP contribution in [0.2, 0.25) is 0 Å². The van der Waals surface area contributed by atoms with Gasteiger partial charge in [-0.2, -0.15) is 0 Å². The second-order valence-corrected chi connectivity index (χ2v) is 4.60. The van der Waals surface area contributed by atoms with Gasteiger partial charge in [-0.25, -0.2) is 4.79 Å². The Morgan fingerprint density at radius 1 is 1.50 bits per heavy atom. The monoisotopic (exact) mass is 246 g/mol. The van der Waals surface area contributed by atoms with Crippen LogP contribution in [0.1, 0.15) is 30.9 Å². The summed E-state index contributed by atoms with van der Waals surface area (Å²) in [6.07, 6.45) is 4.40. The molecular weight excluding hydrogens is 228 g/mol. The third kappa shape index (κ3) is 2.73. The molecule has 1 aliphatic rings. The number of aryl methyl sites for hydroxylation is 1. The molecule has 0 aromatic heterocycles. The number of methoxy groups -OCH3 is 1. The standard InChI is InChI=1S/C15H18O3/c1-3-10-4-7-14(18-2)13(8-10)12(9-15(16)17)11-5-6-11/h4,7-9,11H,3,5-6H2,1-2H3,(H,16,17)/b12-9+. The lowest BCUT2D eigenvalue weighted by atomic mass is 9.97. The average Bonchev–Trinajstić information content (AvgIpc) is 3.19. The van der Waals surface area contributed by atoms with Crippen LogP contribution in [0.4, 0.5) is 0 Å². The van der Waals surface area contributed by atoms with E-state index < -0.39 is 5.97 Å². The zero-order valence-electron chi connectivity index (χ0n) is 10.8. The molecule has 1 aromatic rings. The van der Waals surface area contributed by atoms with Gasteiger partial charge < -0.3 is 9.84 Å². The molecule has 18 heavy (non-hydrogen) atoms. The van der Waals surface area contributed by atoms with Gasteiger partial charge in [0.25, 0.3) is 0 Å². The first-order valence-corrected chi connectivity index (χ1v) is 6.27. The van der Waals surface area contributed by atoms with Gasteiger partial charge in [-0.15, -0.1) is 0 Å². The van der Waals surface area contributed by atoms with E-state index in [9.17, 15) is 4.79 Å². The largest absolute Gasteiger partial charge is 0.496 e. The Morgan fingerprint density at radius 3 is 2.72 bits per heavy atom. The van der Waals surface area contributed by atoms with Crippen LogP contribution in [0, 0.1) is 5.92 Å². The minimum absolute atomic E-state index is 0.377. The van der Waals surface area contributed by atoms with E-state index in [1.165, 1.54) is 11.6 Å². The van der Waals surface area contributed by atoms with Crippen LogP contribution in [0.25, 0.3) is 5.57 Å². The molecule has 0 amide bonds. The minimum atomic E-state index is -0.888. The molecule has 0 atom stereocenters. The second kappa shape index (κ2) is 5.25. The summed E-state index contributed by atoms with van der Waals surface area (Å²) >= 11 is 0. The van der Waals surface area contributed by atoms with Crippen LogP contribution in [0.5, 0.6) is 5.75 Å². The molecule has 0 bridgehead atoms. The number of ether oxygens (including phenoxy) is 1. The molecule has 1 saturated carbocycles. The normalized spacial score (nSPS) is 15.6. The van der Waals surface area contributed by atoms with E-state index in [0.29, 0.717) is 5.92 Å². The molecule has 3 heteroatoms. The molecule has 1 aliphatic carbocycles. The van der Waals surface area contributed by atoms with E-state index in [2.05, 4.69) is 6.92 Å². The second-order valence-electron chi connectivity index (χ2n) is 4.60. The topological polar surface area (TPSA) is 46.5 Å². The lowest BCUT2D eigenvalue weighted by Gasteiger charge is -2.13. The van der Waals surface area contributed by atoms with Gasteiger partial charge in [0.2, 0.25) is 0 Å². The SMILES string of the molecule is CCc1ccc(OC)c(/C(=C/C(=O)O)C2CC2)c1. The lowest BCUT2D eigenvalue weighted by Crippen LogP contribution is -1.98. The summed E-state index contributed by atoms with van der Waals surface area (Å²) in [6.45, 7) is 2.09. The highest BCUT2D eigenvalue weighted by atomic mass is 16.5. The lowest BCUT2D eigenvalue weighted by molar-refractivity contribution is -0.131. The fourth-order valence-corrected chi connectivity index (χ4v) is 2.14. The van der Waals surface area contributed by atoms with Crippen LogP contribution in [0.3, 0.4) is 0 Å². The molecule has 2 rings (SSSR count). The highest BCUT2D eigenvalue weighted by molar-refractivity contribution is 5.92. The molecule has 1 fully saturated rings. The number of carbonyl (C=O) groups is 1. The molecule has 0 spiro atoms. The minimum Gasteiger partial charge on any atom is -0.496 e. The first-order chi connectivity index (χ1) is 8.65. The molecule has 0 heterocycles. The number of hydrogen-bond acceptors (Lipinski definition) is 2. The Morgan fingerprint density at radius 2 is 2.22 bits per heavy atom. The quantitative estimate of drug-likeness (QED) is 0.812. The Bertz CT molecular complexity index is 485. The van der Waals surface area contributed by atoms with Crippen molar-refractivity contribution in [3.05, 3.63) is 35.4 Å². The van der Waals surface area contributed by atoms with Crippen molar-refractivity contribution in [2.45, 2.75) is 26.2 Å². The van der Waals surface area contributed by atoms with Crippen molar-refractivity contribution in [1.29, 1.82) is 0 Å². The summed E-state index contributed by atoms with van der Waals surface area (Å²) in [6, 6.07) is 5.99. The number of carboxylic acids is 1. The number of benzene rings is 1. The molecule has 0 aliphatic heterocycles. The van der Waals surface area contributed by atoms with Gasteiger partial charge in [-0.1, -0.05) is 13.0 Å². The fourth-order valence-electron chi connectivity index (χ4n) is 2.14. The molecule has 0 saturated heterocycles. The molecule has 1 aromatic carbocycles. The Kier molecular flexibility index (Phi) is 3.70. The summed E-state index contributed by atoms with van der Waals surface area (Å²) in [5, 5.41) is 8.99. The smallest absolute Gasteiger partial charge is 0.328 e. The van der Waals surface area contributed by atoms with E-state index in [4.69, 9.17) is 9.84 Å². The summed E-state index contributed by atoms with van der Waals surface area (Å²) in [5.41, 5.74) is 3.03. The van der Waals surface area contributed by atoms with Gasteiger partial charge in [-0.05, 0) is 48.4 Å². The van der Waals surface area contributed by atoms with Crippen LogP contribution >= 0.6 is 0 Å². The third-order valence-corrected chi connectivity index (χ3v) is 3.28. The molecule has 0 radical (unpaired) electrons. The Labute approximate surface area is 107 Å². The summed E-state index contributed by atoms with van der Waals surface area (Å²) in [7, 11) is 1.62. The number of allylic oxidation sites excluding steroid dienone is 1. The van der Waals surface area contributed by atoms with E-state index in [-0.39, 0.29) is 0 Å². The van der Waals surface area contributed by atoms with Gasteiger partial charge in [0.05, 0.1) is 7.11 Å². The average molecular weight is 246 g/mol. The summed E-state index contributed by atoms with van der Waals surface area (Å²) < 4.78 is 5.35. The molecule has 96 valence electrons. The van der Waals surface area contributed by atoms with Crippen molar-refractivity contribution in [3.63, 3.8) is 0 Å². The fraction of sp³-hybridized carbons (Fsp3) is 0.400. The van der Waals surface area contributed by atoms with Gasteiger partial charge in [0.1, 0.15) is 5.75 Å². The van der Waals surface area contributed by atoms with Crippen molar-refractivity contribution >= 4 is 11.5 Å². The number of aliphatic carboxylic acids is 1. The molecular formula is C15H18O3. The number of carboxylic acid groups (broad SMARTS) is 1. The van der Waals surface area contributed by atoms with E-state index in [0.717, 1.165) is 36.1 Å². The van der Waals surface area contributed by atoms with Gasteiger partial charge in [-0.3, -0.25) is 0 Å². The summed E-state index contributed by atoms with van der Waals surface area (Å²) in [4.78, 5) is 11.0. The maximum absolute atomic E-state index is 11.0. The molecule has 3 nitrogen and oxygen atoms in total. The summed E-state index contributed by atoms with van der Waals surface area (Å²) in [5.74, 6) is 0.245. The number of hydrogen-bond donors (Lipinski definition) is 1. The van der Waals surface area contributed by atoms with Crippen molar-refractivity contribution in [2.24, 2.45) is 5.92 Å². The van der Waals surface area contributed by atoms with Gasteiger partial charge in [0.15, 0.2) is 0 Å². The van der Waals surface area contributed by atoms with Gasteiger partial charge >= 0.3 is 5.97 Å². The maximum Gasteiger partial charge on any atom is 0.328 e. The van der Waals surface area contributed by atoms with Crippen LogP contribution in [0.15, 0.2) is 24.3 Å². The zero-order chi connectivity index (χ0) is 13.1. The molecule has 1 N–H and O–H groups in total. The van der Waals surface area contributed by atoms with Crippen LogP contribution in [-0.2, 0) is 11.2 Å². The van der Waals surface area contributed by atoms with E-state index >= 15 is 0 Å². The highest BCUT2D eigenvalue weighted by Gasteiger charge is 2.29. The predicted octanol–water partition coefficient (Wildman–Crippen LogP) is 3.14. The van der Waals surface area contributed by atoms with Crippen LogP contribution in [-0.4, -0.2) is 18.2 Å². The first-order valence-electron chi connectivity index (χ1n) is 6.27. The first kappa shape index (κ1) is 12.7. The maximum atomic E-state index is 11.0. The Balaban J connectivity index is 2.48. The van der Waals surface area contributed by atoms with Crippen molar-refractivity contribution in [2.75, 3.05) is 7.11 Å². The predicted molar refractivity (Wildman–Crippen MR) is 70.7 cm³/mol. The Hall–Kier alpha value is -1.77. The van der Waals surface area contributed by atoms with Crippen LogP contribution < -0.4 is 4.74 Å². The van der Waals surface area contributed by atoms with Crippen molar-refractivity contribution in [1.82, 2.24) is 0 Å². The number of rotatable bonds is 5. The molecule has 0 unspecified atom stereocenters. The van der Waals surface area contributed by atoms with E-state index in [1.54, 1.807) is 7.11 Å². The van der Waals surface area contributed by atoms with Gasteiger partial charge in [0, 0.05) is 11.6 Å². The van der Waals surface area contributed by atoms with Crippen molar-refractivity contribution < 1.29 is 14.6 Å². The third-order valence-electron chi connectivity index (χ3n) is 3.28. The zero-order valence-corrected chi connectivity index (χ0v) is 10.8. The van der Waals surface area contributed by atoms with Crippen molar-refractivity contribution in [3.8, 4) is 5.75 Å².